The fraction of sp³-hybridized carbons (Fsp3) is 0.0952. The Morgan fingerprint density at radius 2 is 1.68 bits per heavy atom. The summed E-state index contributed by atoms with van der Waals surface area (Å²) in [4.78, 5) is 12.9. The molecule has 0 unspecified atom stereocenters. The van der Waals surface area contributed by atoms with E-state index in [-0.39, 0.29) is 5.82 Å². The number of aliphatic imine (C=N–C) groups is 1. The Labute approximate surface area is 160 Å². The van der Waals surface area contributed by atoms with Gasteiger partial charge in [0.25, 0.3) is 0 Å². The number of nitrogen functional groups attached to an aromatic ring is 1. The van der Waals surface area contributed by atoms with E-state index in [0.29, 0.717) is 34.7 Å². The molecule has 5 nitrogen and oxygen atoms in total. The number of nitrogens with zero attached hydrogens (tertiary/aromatic N) is 3. The summed E-state index contributed by atoms with van der Waals surface area (Å²) in [6.45, 7) is 0. The summed E-state index contributed by atoms with van der Waals surface area (Å²) in [5.41, 5.74) is 9.94. The van der Waals surface area contributed by atoms with E-state index in [9.17, 15) is 8.78 Å². The molecule has 0 saturated carbocycles. The minimum atomic E-state index is -0.646. The highest BCUT2D eigenvalue weighted by Crippen LogP contribution is 2.38. The number of hydrogen-bond donors (Lipinski definition) is 1. The van der Waals surface area contributed by atoms with Crippen molar-refractivity contribution in [3.05, 3.63) is 83.3 Å². The average molecular weight is 378 g/mol. The maximum atomic E-state index is 13.7. The van der Waals surface area contributed by atoms with Crippen molar-refractivity contribution in [1.29, 1.82) is 0 Å². The van der Waals surface area contributed by atoms with Crippen LogP contribution >= 0.6 is 0 Å². The Morgan fingerprint density at radius 1 is 0.964 bits per heavy atom. The van der Waals surface area contributed by atoms with Crippen LogP contribution in [0.4, 0.5) is 14.6 Å². The third-order valence-electron chi connectivity index (χ3n) is 4.48. The molecule has 3 heterocycles. The van der Waals surface area contributed by atoms with Crippen LogP contribution in [0.15, 0.2) is 60.0 Å². The van der Waals surface area contributed by atoms with Crippen molar-refractivity contribution in [3.63, 3.8) is 0 Å². The third kappa shape index (κ3) is 3.34. The van der Waals surface area contributed by atoms with Gasteiger partial charge < -0.3 is 10.5 Å². The smallest absolute Gasteiger partial charge is 0.166 e. The van der Waals surface area contributed by atoms with Crippen molar-refractivity contribution in [2.45, 2.75) is 6.42 Å². The fourth-order valence-electron chi connectivity index (χ4n) is 3.16. The van der Waals surface area contributed by atoms with E-state index in [2.05, 4.69) is 15.0 Å². The Morgan fingerprint density at radius 3 is 2.36 bits per heavy atom. The lowest BCUT2D eigenvalue weighted by molar-refractivity contribution is 0.415. The first-order valence-corrected chi connectivity index (χ1v) is 8.52. The molecule has 1 aromatic carbocycles. The van der Waals surface area contributed by atoms with Crippen molar-refractivity contribution in [2.24, 2.45) is 4.99 Å². The minimum Gasteiger partial charge on any atom is -0.493 e. The number of anilines is 1. The Kier molecular flexibility index (Phi) is 4.57. The van der Waals surface area contributed by atoms with Gasteiger partial charge in [-0.2, -0.15) is 0 Å². The number of nitrogens with two attached hydrogens (primary N) is 1. The Bertz CT molecular complexity index is 1090. The number of hydrogen-bond acceptors (Lipinski definition) is 5. The molecule has 140 valence electrons. The molecule has 0 saturated heterocycles. The molecule has 1 aliphatic heterocycles. The van der Waals surface area contributed by atoms with Gasteiger partial charge in [0.1, 0.15) is 11.6 Å². The minimum absolute atomic E-state index is 0.270. The highest BCUT2D eigenvalue weighted by atomic mass is 19.1. The molecular formula is C21H16F2N4O. The van der Waals surface area contributed by atoms with Crippen molar-refractivity contribution < 1.29 is 13.5 Å². The van der Waals surface area contributed by atoms with Crippen molar-refractivity contribution in [3.8, 4) is 5.75 Å². The van der Waals surface area contributed by atoms with Gasteiger partial charge in [-0.25, -0.2) is 13.8 Å². The summed E-state index contributed by atoms with van der Waals surface area (Å²) in [6, 6.07) is 8.86. The molecule has 3 aromatic rings. The summed E-state index contributed by atoms with van der Waals surface area (Å²) >= 11 is 0. The maximum Gasteiger partial charge on any atom is 0.166 e. The van der Waals surface area contributed by atoms with Gasteiger partial charge in [-0.1, -0.05) is 0 Å². The molecule has 7 heteroatoms. The zero-order chi connectivity index (χ0) is 19.7. The number of aromatic nitrogens is 2. The summed E-state index contributed by atoms with van der Waals surface area (Å²) in [5.74, 6) is -0.592. The Balaban J connectivity index is 1.85. The monoisotopic (exact) mass is 378 g/mol. The number of allylic oxidation sites excluding steroid dienone is 1. The number of halogens is 2. The normalized spacial score (nSPS) is 13.6. The SMILES string of the molecule is COc1cc(C2=C(c3ccncc3)CC(c3cc(F)cc(F)c3)=N2)cnc1N. The average Bonchev–Trinajstić information content (AvgIpc) is 3.14. The van der Waals surface area contributed by atoms with Gasteiger partial charge >= 0.3 is 0 Å². The zero-order valence-corrected chi connectivity index (χ0v) is 15.0. The predicted molar refractivity (Wildman–Crippen MR) is 104 cm³/mol. The van der Waals surface area contributed by atoms with Crippen LogP contribution in [0.2, 0.25) is 0 Å². The molecule has 4 rings (SSSR count). The highest BCUT2D eigenvalue weighted by molar-refractivity contribution is 6.16. The largest absolute Gasteiger partial charge is 0.493 e. The lowest BCUT2D eigenvalue weighted by atomic mass is 9.97. The van der Waals surface area contributed by atoms with Crippen molar-refractivity contribution in [2.75, 3.05) is 12.8 Å². The summed E-state index contributed by atoms with van der Waals surface area (Å²) in [7, 11) is 1.51. The van der Waals surface area contributed by atoms with Crippen LogP contribution in [0, 0.1) is 11.6 Å². The van der Waals surface area contributed by atoms with Crippen LogP contribution in [0.1, 0.15) is 23.1 Å². The van der Waals surface area contributed by atoms with E-state index in [1.807, 2.05) is 12.1 Å². The summed E-state index contributed by atoms with van der Waals surface area (Å²) in [6.07, 6.45) is 5.38. The topological polar surface area (TPSA) is 73.4 Å². The third-order valence-corrected chi connectivity index (χ3v) is 4.48. The van der Waals surface area contributed by atoms with Crippen molar-refractivity contribution in [1.82, 2.24) is 9.97 Å². The first-order chi connectivity index (χ1) is 13.5. The van der Waals surface area contributed by atoms with Crippen LogP contribution in [0.3, 0.4) is 0 Å². The molecule has 0 atom stereocenters. The van der Waals surface area contributed by atoms with E-state index >= 15 is 0 Å². The molecular weight excluding hydrogens is 362 g/mol. The molecule has 0 spiro atoms. The van der Waals surface area contributed by atoms with E-state index < -0.39 is 11.6 Å². The van der Waals surface area contributed by atoms with Gasteiger partial charge in [-0.3, -0.25) is 9.98 Å². The molecule has 0 aliphatic carbocycles. The van der Waals surface area contributed by atoms with Gasteiger partial charge in [0.15, 0.2) is 11.6 Å². The molecule has 0 radical (unpaired) electrons. The van der Waals surface area contributed by atoms with Crippen LogP contribution in [-0.2, 0) is 0 Å². The molecule has 28 heavy (non-hydrogen) atoms. The quantitative estimate of drug-likeness (QED) is 0.742. The lowest BCUT2D eigenvalue weighted by Gasteiger charge is -2.09. The molecule has 0 bridgehead atoms. The Hall–Kier alpha value is -3.61. The number of benzene rings is 1. The summed E-state index contributed by atoms with van der Waals surface area (Å²) < 4.78 is 32.7. The van der Waals surface area contributed by atoms with E-state index in [0.717, 1.165) is 17.2 Å². The van der Waals surface area contributed by atoms with Gasteiger partial charge in [0.2, 0.25) is 0 Å². The molecule has 2 aromatic heterocycles. The summed E-state index contributed by atoms with van der Waals surface area (Å²) in [5, 5.41) is 0. The van der Waals surface area contributed by atoms with Crippen LogP contribution < -0.4 is 10.5 Å². The van der Waals surface area contributed by atoms with Gasteiger partial charge in [0.05, 0.1) is 18.5 Å². The number of ether oxygens (including phenoxy) is 1. The van der Waals surface area contributed by atoms with Crippen LogP contribution in [0.25, 0.3) is 11.3 Å². The molecule has 0 amide bonds. The van der Waals surface area contributed by atoms with Gasteiger partial charge in [0, 0.05) is 42.2 Å². The standard InChI is InChI=1S/C21H16F2N4O/c1-28-19-8-14(11-26-21(19)24)20-17(12-2-4-25-5-3-12)10-18(27-20)13-6-15(22)9-16(23)7-13/h2-9,11H,10H2,1H3,(H2,24,26). The van der Waals surface area contributed by atoms with E-state index in [4.69, 9.17) is 10.5 Å². The zero-order valence-electron chi connectivity index (χ0n) is 15.0. The van der Waals surface area contributed by atoms with Crippen LogP contribution in [-0.4, -0.2) is 22.8 Å². The first kappa shape index (κ1) is 17.8. The van der Waals surface area contributed by atoms with Crippen molar-refractivity contribution >= 4 is 22.8 Å². The lowest BCUT2D eigenvalue weighted by Crippen LogP contribution is -2.00. The van der Waals surface area contributed by atoms with E-state index in [1.165, 1.54) is 19.2 Å². The maximum absolute atomic E-state index is 13.7. The second-order valence-corrected chi connectivity index (χ2v) is 6.27. The van der Waals surface area contributed by atoms with Crippen LogP contribution in [0.5, 0.6) is 5.75 Å². The number of methoxy groups -OCH3 is 1. The molecule has 2 N–H and O–H groups in total. The fourth-order valence-corrected chi connectivity index (χ4v) is 3.16. The first-order valence-electron chi connectivity index (χ1n) is 8.52. The molecule has 1 aliphatic rings. The predicted octanol–water partition coefficient (Wildman–Crippen LogP) is 4.11. The number of pyridine rings is 2. The second-order valence-electron chi connectivity index (χ2n) is 6.27. The number of rotatable bonds is 4. The van der Waals surface area contributed by atoms with Gasteiger partial charge in [-0.05, 0) is 41.5 Å². The second kappa shape index (κ2) is 7.19. The highest BCUT2D eigenvalue weighted by Gasteiger charge is 2.23. The molecule has 0 fully saturated rings. The van der Waals surface area contributed by atoms with E-state index in [1.54, 1.807) is 24.7 Å². The van der Waals surface area contributed by atoms with Gasteiger partial charge in [-0.15, -0.1) is 0 Å².